The van der Waals surface area contributed by atoms with Crippen LogP contribution in [0.4, 0.5) is 0 Å². The van der Waals surface area contributed by atoms with Crippen molar-refractivity contribution in [3.63, 3.8) is 0 Å². The quantitative estimate of drug-likeness (QED) is 0.843. The maximum absolute atomic E-state index is 11.6. The Morgan fingerprint density at radius 2 is 2.38 bits per heavy atom. The Kier molecular flexibility index (Phi) is 3.20. The van der Waals surface area contributed by atoms with Crippen LogP contribution in [0.15, 0.2) is 22.9 Å². The van der Waals surface area contributed by atoms with Crippen molar-refractivity contribution in [2.24, 2.45) is 0 Å². The van der Waals surface area contributed by atoms with Crippen LogP contribution in [-0.4, -0.2) is 31.5 Å². The molecule has 2 heterocycles. The number of nitrogens with one attached hydrogen (secondary N) is 2. The number of amides is 1. The standard InChI is InChI=1S/C8H7BrN6O/c9-6-1-5(2-10-3-6)8(16)11-4-7-12-14-15-13-7/h1-3H,4H2,(H,11,16)(H,12,13,14,15). The van der Waals surface area contributed by atoms with Crippen molar-refractivity contribution in [2.75, 3.05) is 0 Å². The summed E-state index contributed by atoms with van der Waals surface area (Å²) in [6, 6.07) is 1.68. The molecule has 8 heteroatoms. The monoisotopic (exact) mass is 282 g/mol. The number of pyridine rings is 1. The lowest BCUT2D eigenvalue weighted by atomic mass is 10.3. The summed E-state index contributed by atoms with van der Waals surface area (Å²) < 4.78 is 0.750. The number of aromatic nitrogens is 5. The van der Waals surface area contributed by atoms with Crippen LogP contribution in [-0.2, 0) is 6.54 Å². The van der Waals surface area contributed by atoms with Gasteiger partial charge in [0, 0.05) is 16.9 Å². The molecule has 2 aromatic rings. The fourth-order valence-corrected chi connectivity index (χ4v) is 1.42. The van der Waals surface area contributed by atoms with Crippen molar-refractivity contribution < 1.29 is 4.79 Å². The van der Waals surface area contributed by atoms with Crippen molar-refractivity contribution in [2.45, 2.75) is 6.54 Å². The van der Waals surface area contributed by atoms with Crippen LogP contribution < -0.4 is 5.32 Å². The Hall–Kier alpha value is -1.83. The first kappa shape index (κ1) is 10.7. The van der Waals surface area contributed by atoms with Gasteiger partial charge in [-0.15, -0.1) is 10.2 Å². The van der Waals surface area contributed by atoms with Gasteiger partial charge in [-0.1, -0.05) is 5.21 Å². The van der Waals surface area contributed by atoms with Gasteiger partial charge in [-0.2, -0.15) is 5.21 Å². The van der Waals surface area contributed by atoms with Gasteiger partial charge in [-0.25, -0.2) is 0 Å². The van der Waals surface area contributed by atoms with E-state index in [0.717, 1.165) is 4.47 Å². The minimum absolute atomic E-state index is 0.224. The fraction of sp³-hybridized carbons (Fsp3) is 0.125. The molecular weight excluding hydrogens is 276 g/mol. The molecule has 0 aliphatic carbocycles. The summed E-state index contributed by atoms with van der Waals surface area (Å²) in [5.74, 6) is 0.190. The van der Waals surface area contributed by atoms with Gasteiger partial charge >= 0.3 is 0 Å². The predicted molar refractivity (Wildman–Crippen MR) is 57.3 cm³/mol. The molecule has 0 fully saturated rings. The SMILES string of the molecule is O=C(NCc1nn[nH]n1)c1cncc(Br)c1. The zero-order valence-electron chi connectivity index (χ0n) is 8.01. The average Bonchev–Trinajstić information content (AvgIpc) is 2.78. The van der Waals surface area contributed by atoms with Crippen LogP contribution in [0.25, 0.3) is 0 Å². The highest BCUT2D eigenvalue weighted by Crippen LogP contribution is 2.09. The van der Waals surface area contributed by atoms with Gasteiger partial charge in [0.2, 0.25) is 0 Å². The van der Waals surface area contributed by atoms with Crippen molar-refractivity contribution in [1.82, 2.24) is 30.9 Å². The predicted octanol–water partition coefficient (Wildman–Crippen LogP) is 0.287. The lowest BCUT2D eigenvalue weighted by Gasteiger charge is -2.01. The second-order valence-electron chi connectivity index (χ2n) is 2.90. The van der Waals surface area contributed by atoms with Crippen molar-refractivity contribution in [3.8, 4) is 0 Å². The van der Waals surface area contributed by atoms with Gasteiger partial charge < -0.3 is 5.32 Å². The number of rotatable bonds is 3. The first-order valence-electron chi connectivity index (χ1n) is 4.37. The largest absolute Gasteiger partial charge is 0.345 e. The minimum Gasteiger partial charge on any atom is -0.345 e. The Balaban J connectivity index is 1.98. The lowest BCUT2D eigenvalue weighted by molar-refractivity contribution is 0.0949. The van der Waals surface area contributed by atoms with Crippen molar-refractivity contribution in [1.29, 1.82) is 0 Å². The smallest absolute Gasteiger partial charge is 0.253 e. The highest BCUT2D eigenvalue weighted by Gasteiger charge is 2.07. The van der Waals surface area contributed by atoms with Crippen LogP contribution in [0, 0.1) is 0 Å². The number of halogens is 1. The van der Waals surface area contributed by atoms with E-state index in [9.17, 15) is 4.79 Å². The van der Waals surface area contributed by atoms with Crippen LogP contribution in [0.3, 0.4) is 0 Å². The first-order chi connectivity index (χ1) is 7.75. The Labute approximate surface area is 98.8 Å². The molecular formula is C8H7BrN6O. The van der Waals surface area contributed by atoms with Crippen LogP contribution in [0.5, 0.6) is 0 Å². The number of hydrogen-bond donors (Lipinski definition) is 2. The molecule has 1 amide bonds. The third-order valence-electron chi connectivity index (χ3n) is 1.76. The fourth-order valence-electron chi connectivity index (χ4n) is 1.05. The maximum atomic E-state index is 11.6. The van der Waals surface area contributed by atoms with E-state index < -0.39 is 0 Å². The maximum Gasteiger partial charge on any atom is 0.253 e. The number of nitrogens with zero attached hydrogens (tertiary/aromatic N) is 4. The molecule has 0 unspecified atom stereocenters. The first-order valence-corrected chi connectivity index (χ1v) is 5.16. The topological polar surface area (TPSA) is 96.5 Å². The summed E-state index contributed by atoms with van der Waals surface area (Å²) in [7, 11) is 0. The second kappa shape index (κ2) is 4.79. The number of tetrazole rings is 1. The van der Waals surface area contributed by atoms with Gasteiger partial charge in [0.05, 0.1) is 12.1 Å². The molecule has 82 valence electrons. The summed E-state index contributed by atoms with van der Waals surface area (Å²) in [4.78, 5) is 15.5. The molecule has 2 rings (SSSR count). The molecule has 0 saturated heterocycles. The minimum atomic E-state index is -0.237. The lowest BCUT2D eigenvalue weighted by Crippen LogP contribution is -2.23. The molecule has 16 heavy (non-hydrogen) atoms. The summed E-state index contributed by atoms with van der Waals surface area (Å²) in [5, 5.41) is 15.7. The van der Waals surface area contributed by atoms with E-state index in [0.29, 0.717) is 11.4 Å². The Morgan fingerprint density at radius 3 is 3.06 bits per heavy atom. The summed E-state index contributed by atoms with van der Waals surface area (Å²) >= 11 is 3.24. The van der Waals surface area contributed by atoms with Gasteiger partial charge in [0.25, 0.3) is 5.91 Å². The number of aromatic amines is 1. The van der Waals surface area contributed by atoms with E-state index in [1.165, 1.54) is 6.20 Å². The van der Waals surface area contributed by atoms with Crippen molar-refractivity contribution >= 4 is 21.8 Å². The molecule has 0 saturated carbocycles. The molecule has 0 aliphatic heterocycles. The summed E-state index contributed by atoms with van der Waals surface area (Å²) in [6.45, 7) is 0.224. The molecule has 0 bridgehead atoms. The van der Waals surface area contributed by atoms with Crippen LogP contribution >= 0.6 is 15.9 Å². The molecule has 0 atom stereocenters. The van der Waals surface area contributed by atoms with E-state index in [2.05, 4.69) is 46.9 Å². The van der Waals surface area contributed by atoms with Gasteiger partial charge in [-0.3, -0.25) is 9.78 Å². The van der Waals surface area contributed by atoms with Crippen LogP contribution in [0.1, 0.15) is 16.2 Å². The summed E-state index contributed by atoms with van der Waals surface area (Å²) in [6.07, 6.45) is 3.09. The van der Waals surface area contributed by atoms with E-state index >= 15 is 0 Å². The van der Waals surface area contributed by atoms with E-state index in [1.807, 2.05) is 0 Å². The molecule has 7 nitrogen and oxygen atoms in total. The van der Waals surface area contributed by atoms with Gasteiger partial charge in [-0.05, 0) is 22.0 Å². The zero-order chi connectivity index (χ0) is 11.4. The van der Waals surface area contributed by atoms with E-state index in [4.69, 9.17) is 0 Å². The zero-order valence-corrected chi connectivity index (χ0v) is 9.60. The third-order valence-corrected chi connectivity index (χ3v) is 2.20. The van der Waals surface area contributed by atoms with Crippen LogP contribution in [0.2, 0.25) is 0 Å². The molecule has 0 aliphatic rings. The van der Waals surface area contributed by atoms with Gasteiger partial charge in [0.15, 0.2) is 5.82 Å². The van der Waals surface area contributed by atoms with Crippen molar-refractivity contribution in [3.05, 3.63) is 34.3 Å². The van der Waals surface area contributed by atoms with E-state index in [1.54, 1.807) is 12.3 Å². The molecule has 2 N–H and O–H groups in total. The number of carbonyl (C=O) groups is 1. The highest BCUT2D eigenvalue weighted by atomic mass is 79.9. The van der Waals surface area contributed by atoms with Gasteiger partial charge in [0.1, 0.15) is 0 Å². The molecule has 0 aromatic carbocycles. The summed E-state index contributed by atoms with van der Waals surface area (Å²) in [5.41, 5.74) is 0.470. The molecule has 2 aromatic heterocycles. The Morgan fingerprint density at radius 1 is 1.50 bits per heavy atom. The molecule has 0 spiro atoms. The number of hydrogen-bond acceptors (Lipinski definition) is 5. The third kappa shape index (κ3) is 2.60. The Bertz CT molecular complexity index is 485. The van der Waals surface area contributed by atoms with E-state index in [-0.39, 0.29) is 12.5 Å². The normalized spacial score (nSPS) is 10.1. The highest BCUT2D eigenvalue weighted by molar-refractivity contribution is 9.10. The number of carbonyl (C=O) groups excluding carboxylic acids is 1. The average molecular weight is 283 g/mol. The second-order valence-corrected chi connectivity index (χ2v) is 3.82. The number of H-pyrrole nitrogens is 1. The molecule has 0 radical (unpaired) electrons.